The highest BCUT2D eigenvalue weighted by Gasteiger charge is 2.35. The molecule has 1 aliphatic heterocycles. The smallest absolute Gasteiger partial charge is 0.254 e. The third-order valence-electron chi connectivity index (χ3n) is 3.92. The summed E-state index contributed by atoms with van der Waals surface area (Å²) in [6, 6.07) is 7.35. The van der Waals surface area contributed by atoms with Crippen LogP contribution in [0.2, 0.25) is 0 Å². The summed E-state index contributed by atoms with van der Waals surface area (Å²) in [5.74, 6) is -0.00221. The second-order valence-corrected chi connectivity index (χ2v) is 6.54. The number of morpholine rings is 1. The van der Waals surface area contributed by atoms with Gasteiger partial charge in [-0.3, -0.25) is 4.79 Å². The molecule has 1 saturated heterocycles. The van der Waals surface area contributed by atoms with Crippen LogP contribution in [0.1, 0.15) is 24.2 Å². The van der Waals surface area contributed by atoms with E-state index in [2.05, 4.69) is 10.3 Å². The van der Waals surface area contributed by atoms with Crippen LogP contribution < -0.4 is 0 Å². The second kappa shape index (κ2) is 6.70. The lowest BCUT2D eigenvalue weighted by atomic mass is 10.0. The van der Waals surface area contributed by atoms with Crippen molar-refractivity contribution in [3.8, 4) is 5.69 Å². The van der Waals surface area contributed by atoms with Crippen LogP contribution in [0.3, 0.4) is 0 Å². The van der Waals surface area contributed by atoms with Crippen molar-refractivity contribution in [3.05, 3.63) is 42.2 Å². The van der Waals surface area contributed by atoms with Crippen LogP contribution in [0, 0.1) is 0 Å². The van der Waals surface area contributed by atoms with Gasteiger partial charge in [-0.2, -0.15) is 0 Å². The van der Waals surface area contributed by atoms with Crippen molar-refractivity contribution in [3.63, 3.8) is 0 Å². The number of amides is 1. The highest BCUT2D eigenvalue weighted by atomic mass is 16.5. The Hall–Kier alpha value is -2.25. The van der Waals surface area contributed by atoms with Crippen molar-refractivity contribution in [2.75, 3.05) is 26.8 Å². The summed E-state index contributed by atoms with van der Waals surface area (Å²) < 4.78 is 12.8. The molecule has 3 rings (SSSR count). The molecule has 1 fully saturated rings. The Balaban J connectivity index is 1.75. The molecule has 0 bridgehead atoms. The maximum Gasteiger partial charge on any atom is 0.254 e. The van der Waals surface area contributed by atoms with Gasteiger partial charge in [-0.05, 0) is 38.1 Å². The van der Waals surface area contributed by atoms with Crippen LogP contribution in [0.25, 0.3) is 5.69 Å². The van der Waals surface area contributed by atoms with Crippen molar-refractivity contribution in [2.24, 2.45) is 0 Å². The SMILES string of the molecule is COC[C@H]1CN(C(=O)c2ccc(-n3ccnn3)cc2)CC(C)(C)O1. The molecule has 0 N–H and O–H groups in total. The normalized spacial score (nSPS) is 20.1. The zero-order valence-corrected chi connectivity index (χ0v) is 14.2. The van der Waals surface area contributed by atoms with E-state index in [1.54, 1.807) is 24.2 Å². The molecule has 7 nitrogen and oxygen atoms in total. The number of hydrogen-bond donors (Lipinski definition) is 0. The summed E-state index contributed by atoms with van der Waals surface area (Å²) in [5.41, 5.74) is 1.12. The summed E-state index contributed by atoms with van der Waals surface area (Å²) in [6.45, 7) is 5.53. The Kier molecular flexibility index (Phi) is 4.64. The van der Waals surface area contributed by atoms with Crippen LogP contribution in [0.15, 0.2) is 36.7 Å². The van der Waals surface area contributed by atoms with Crippen LogP contribution in [-0.2, 0) is 9.47 Å². The zero-order chi connectivity index (χ0) is 17.2. The Bertz CT molecular complexity index is 682. The monoisotopic (exact) mass is 330 g/mol. The summed E-state index contributed by atoms with van der Waals surface area (Å²) in [7, 11) is 1.64. The van der Waals surface area contributed by atoms with Gasteiger partial charge in [0, 0.05) is 25.8 Å². The number of benzene rings is 1. The Morgan fingerprint density at radius 2 is 2.12 bits per heavy atom. The minimum Gasteiger partial charge on any atom is -0.382 e. The Labute approximate surface area is 141 Å². The topological polar surface area (TPSA) is 69.5 Å². The summed E-state index contributed by atoms with van der Waals surface area (Å²) in [6.07, 6.45) is 3.26. The highest BCUT2D eigenvalue weighted by molar-refractivity contribution is 5.94. The lowest BCUT2D eigenvalue weighted by molar-refractivity contribution is -0.143. The van der Waals surface area contributed by atoms with Gasteiger partial charge in [-0.15, -0.1) is 5.10 Å². The van der Waals surface area contributed by atoms with E-state index in [9.17, 15) is 4.79 Å². The fourth-order valence-corrected chi connectivity index (χ4v) is 3.01. The molecule has 2 aromatic rings. The molecule has 1 aliphatic rings. The van der Waals surface area contributed by atoms with Gasteiger partial charge in [0.25, 0.3) is 5.91 Å². The van der Waals surface area contributed by atoms with Crippen LogP contribution >= 0.6 is 0 Å². The quantitative estimate of drug-likeness (QED) is 0.850. The van der Waals surface area contributed by atoms with Gasteiger partial charge in [0.2, 0.25) is 0 Å². The first-order valence-corrected chi connectivity index (χ1v) is 7.91. The molecule has 24 heavy (non-hydrogen) atoms. The first-order chi connectivity index (χ1) is 11.5. The van der Waals surface area contributed by atoms with Gasteiger partial charge >= 0.3 is 0 Å². The molecule has 0 unspecified atom stereocenters. The molecule has 128 valence electrons. The molecular weight excluding hydrogens is 308 g/mol. The van der Waals surface area contributed by atoms with Gasteiger partial charge < -0.3 is 14.4 Å². The van der Waals surface area contributed by atoms with Crippen LogP contribution in [0.5, 0.6) is 0 Å². The molecule has 7 heteroatoms. The van der Waals surface area contributed by atoms with Crippen LogP contribution in [0.4, 0.5) is 0 Å². The van der Waals surface area contributed by atoms with E-state index < -0.39 is 5.60 Å². The molecule has 0 aliphatic carbocycles. The predicted octanol–water partition coefficient (Wildman–Crippen LogP) is 1.53. The number of aromatic nitrogens is 3. The minimum atomic E-state index is -0.391. The number of hydrogen-bond acceptors (Lipinski definition) is 5. The number of ether oxygens (including phenoxy) is 2. The number of nitrogens with zero attached hydrogens (tertiary/aromatic N) is 4. The summed E-state index contributed by atoms with van der Waals surface area (Å²) >= 11 is 0. The minimum absolute atomic E-state index is 0.00221. The molecule has 1 aromatic carbocycles. The van der Waals surface area contributed by atoms with Crippen molar-refractivity contribution >= 4 is 5.91 Å². The van der Waals surface area contributed by atoms with E-state index in [4.69, 9.17) is 9.47 Å². The fraction of sp³-hybridized carbons (Fsp3) is 0.471. The first kappa shape index (κ1) is 16.6. The van der Waals surface area contributed by atoms with Gasteiger partial charge in [0.05, 0.1) is 36.4 Å². The van der Waals surface area contributed by atoms with Crippen molar-refractivity contribution in [1.29, 1.82) is 0 Å². The van der Waals surface area contributed by atoms with Gasteiger partial charge in [0.15, 0.2) is 0 Å². The second-order valence-electron chi connectivity index (χ2n) is 6.54. The van der Waals surface area contributed by atoms with Crippen LogP contribution in [-0.4, -0.2) is 64.3 Å². The molecular formula is C17H22N4O3. The third-order valence-corrected chi connectivity index (χ3v) is 3.92. The summed E-state index contributed by atoms with van der Waals surface area (Å²) in [5, 5.41) is 7.72. The number of rotatable bonds is 4. The fourth-order valence-electron chi connectivity index (χ4n) is 3.01. The molecule has 2 heterocycles. The Morgan fingerprint density at radius 3 is 2.75 bits per heavy atom. The average Bonchev–Trinajstić information content (AvgIpc) is 3.07. The molecule has 0 radical (unpaired) electrons. The van der Waals surface area contributed by atoms with Crippen molar-refractivity contribution in [2.45, 2.75) is 25.6 Å². The van der Waals surface area contributed by atoms with Gasteiger partial charge in [-0.1, -0.05) is 5.21 Å². The van der Waals surface area contributed by atoms with E-state index in [1.807, 2.05) is 43.0 Å². The van der Waals surface area contributed by atoms with E-state index in [1.165, 1.54) is 0 Å². The molecule has 0 saturated carbocycles. The maximum absolute atomic E-state index is 12.8. The van der Waals surface area contributed by atoms with E-state index in [0.29, 0.717) is 25.3 Å². The lowest BCUT2D eigenvalue weighted by Crippen LogP contribution is -2.55. The van der Waals surface area contributed by atoms with Gasteiger partial charge in [0.1, 0.15) is 0 Å². The largest absolute Gasteiger partial charge is 0.382 e. The molecule has 1 amide bonds. The average molecular weight is 330 g/mol. The van der Waals surface area contributed by atoms with E-state index in [-0.39, 0.29) is 12.0 Å². The zero-order valence-electron chi connectivity index (χ0n) is 14.2. The maximum atomic E-state index is 12.8. The number of carbonyl (C=O) groups excluding carboxylic acids is 1. The molecule has 0 spiro atoms. The Morgan fingerprint density at radius 1 is 1.38 bits per heavy atom. The third kappa shape index (κ3) is 3.63. The number of carbonyl (C=O) groups is 1. The summed E-state index contributed by atoms with van der Waals surface area (Å²) in [4.78, 5) is 14.7. The standard InChI is InChI=1S/C17H22N4O3/c1-17(2)12-20(10-15(24-17)11-23-3)16(22)13-4-6-14(7-5-13)21-9-8-18-19-21/h4-9,15H,10-12H2,1-3H3/t15-/m1/s1. The van der Waals surface area contributed by atoms with Gasteiger partial charge in [-0.25, -0.2) is 4.68 Å². The predicted molar refractivity (Wildman–Crippen MR) is 88.1 cm³/mol. The first-order valence-electron chi connectivity index (χ1n) is 7.91. The van der Waals surface area contributed by atoms with Crippen molar-refractivity contribution < 1.29 is 14.3 Å². The highest BCUT2D eigenvalue weighted by Crippen LogP contribution is 2.23. The van der Waals surface area contributed by atoms with E-state index >= 15 is 0 Å². The lowest BCUT2D eigenvalue weighted by Gasteiger charge is -2.42. The number of methoxy groups -OCH3 is 1. The molecule has 1 atom stereocenters. The van der Waals surface area contributed by atoms with E-state index in [0.717, 1.165) is 5.69 Å². The molecule has 1 aromatic heterocycles. The van der Waals surface area contributed by atoms with Crippen molar-refractivity contribution in [1.82, 2.24) is 19.9 Å².